The Morgan fingerprint density at radius 3 is 2.42 bits per heavy atom. The highest BCUT2D eigenvalue weighted by Crippen LogP contribution is 2.30. The average Bonchev–Trinajstić information content (AvgIpc) is 2.31. The minimum Gasteiger partial charge on any atom is -0.349 e. The number of benzene rings is 1. The predicted octanol–water partition coefficient (Wildman–Crippen LogP) is 2.29. The maximum absolute atomic E-state index is 12.6. The molecule has 0 aliphatic rings. The molecular weight excluding hydrogens is 279 g/mol. The van der Waals surface area contributed by atoms with E-state index < -0.39 is 28.0 Å². The second-order valence-electron chi connectivity index (χ2n) is 4.12. The molecule has 2 rings (SSSR count). The van der Waals surface area contributed by atoms with Crippen molar-refractivity contribution in [2.24, 2.45) is 7.05 Å². The largest absolute Gasteiger partial charge is 0.416 e. The van der Waals surface area contributed by atoms with Gasteiger partial charge in [0.1, 0.15) is 4.90 Å². The molecule has 0 amide bonds. The Morgan fingerprint density at radius 2 is 1.89 bits per heavy atom. The number of aromatic nitrogens is 1. The monoisotopic (exact) mass is 289 g/mol. The lowest BCUT2D eigenvalue weighted by Gasteiger charge is -2.11. The summed E-state index contributed by atoms with van der Waals surface area (Å²) in [7, 11) is 0.0274. The number of halogens is 3. The van der Waals surface area contributed by atoms with E-state index >= 15 is 0 Å². The summed E-state index contributed by atoms with van der Waals surface area (Å²) in [6.07, 6.45) is -1.80. The summed E-state index contributed by atoms with van der Waals surface area (Å²) in [5.41, 5.74) is -1.16. The summed E-state index contributed by atoms with van der Waals surface area (Å²) in [5, 5.41) is 0.128. The summed E-state index contributed by atoms with van der Waals surface area (Å²) >= 11 is 0. The van der Waals surface area contributed by atoms with Gasteiger partial charge >= 0.3 is 6.18 Å². The van der Waals surface area contributed by atoms with Gasteiger partial charge in [0, 0.05) is 24.9 Å². The van der Waals surface area contributed by atoms with Crippen molar-refractivity contribution >= 4 is 21.7 Å². The molecule has 1 aromatic carbocycles. The van der Waals surface area contributed by atoms with Gasteiger partial charge in [-0.05, 0) is 18.2 Å². The van der Waals surface area contributed by atoms with E-state index in [2.05, 4.69) is 0 Å². The Labute approximate surface area is 109 Å². The first-order chi connectivity index (χ1) is 8.71. The molecule has 2 aromatic rings. The van der Waals surface area contributed by atoms with E-state index in [1.807, 2.05) is 0 Å². The number of hydrogen-bond acceptors (Lipinski definition) is 2. The predicted molar refractivity (Wildman–Crippen MR) is 66.5 cm³/mol. The van der Waals surface area contributed by atoms with Gasteiger partial charge in [-0.15, -0.1) is 0 Å². The average molecular weight is 289 g/mol. The van der Waals surface area contributed by atoms with Crippen LogP contribution in [0.4, 0.5) is 13.2 Å². The van der Waals surface area contributed by atoms with E-state index in [0.29, 0.717) is 0 Å². The minimum atomic E-state index is -4.46. The first kappa shape index (κ1) is 13.8. The topological polar surface area (TPSA) is 39.1 Å². The molecule has 0 N–H and O–H groups in total. The lowest BCUT2D eigenvalue weighted by Crippen LogP contribution is -2.15. The molecule has 1 atom stereocenters. The molecule has 1 unspecified atom stereocenters. The van der Waals surface area contributed by atoms with Crippen LogP contribution in [0.1, 0.15) is 5.56 Å². The first-order valence-electron chi connectivity index (χ1n) is 5.26. The van der Waals surface area contributed by atoms with Crippen molar-refractivity contribution in [2.75, 3.05) is 6.26 Å². The van der Waals surface area contributed by atoms with Crippen LogP contribution < -0.4 is 5.43 Å². The molecule has 3 nitrogen and oxygen atoms in total. The quantitative estimate of drug-likeness (QED) is 0.808. The van der Waals surface area contributed by atoms with E-state index in [1.165, 1.54) is 24.1 Å². The SMILES string of the molecule is Cn1cc(S(C)=O)c(=O)c2ccc(C(F)(F)F)cc21. The number of pyridine rings is 1. The summed E-state index contributed by atoms with van der Waals surface area (Å²) in [5.74, 6) is 0. The molecule has 0 aliphatic carbocycles. The zero-order chi connectivity index (χ0) is 14.4. The third kappa shape index (κ3) is 2.42. The van der Waals surface area contributed by atoms with Crippen molar-refractivity contribution in [3.8, 4) is 0 Å². The highest BCUT2D eigenvalue weighted by Gasteiger charge is 2.30. The number of fused-ring (bicyclic) bond motifs is 1. The van der Waals surface area contributed by atoms with Crippen LogP contribution in [0.5, 0.6) is 0 Å². The van der Waals surface area contributed by atoms with E-state index in [9.17, 15) is 22.2 Å². The molecule has 0 bridgehead atoms. The van der Waals surface area contributed by atoms with Crippen molar-refractivity contribution < 1.29 is 17.4 Å². The number of rotatable bonds is 1. The Hall–Kier alpha value is -1.63. The van der Waals surface area contributed by atoms with Crippen LogP contribution in [-0.2, 0) is 24.0 Å². The van der Waals surface area contributed by atoms with Crippen LogP contribution in [0, 0.1) is 0 Å². The van der Waals surface area contributed by atoms with E-state index in [0.717, 1.165) is 18.2 Å². The second kappa shape index (κ2) is 4.48. The maximum Gasteiger partial charge on any atom is 0.416 e. The van der Waals surface area contributed by atoms with Crippen LogP contribution in [0.3, 0.4) is 0 Å². The molecule has 1 heterocycles. The van der Waals surface area contributed by atoms with Crippen LogP contribution in [0.2, 0.25) is 0 Å². The molecule has 102 valence electrons. The zero-order valence-electron chi connectivity index (χ0n) is 10.1. The number of nitrogens with zero attached hydrogens (tertiary/aromatic N) is 1. The molecule has 0 aliphatic heterocycles. The van der Waals surface area contributed by atoms with Gasteiger partial charge in [-0.1, -0.05) is 0 Å². The Kier molecular flexibility index (Phi) is 3.25. The molecule has 0 fully saturated rings. The normalized spacial score (nSPS) is 13.7. The molecule has 0 saturated heterocycles. The lowest BCUT2D eigenvalue weighted by molar-refractivity contribution is -0.137. The summed E-state index contributed by atoms with van der Waals surface area (Å²) in [6.45, 7) is 0. The van der Waals surface area contributed by atoms with E-state index in [1.54, 1.807) is 0 Å². The molecule has 0 radical (unpaired) electrons. The summed E-state index contributed by atoms with van der Waals surface area (Å²) in [6, 6.07) is 2.89. The highest BCUT2D eigenvalue weighted by molar-refractivity contribution is 7.84. The highest BCUT2D eigenvalue weighted by atomic mass is 32.2. The number of hydrogen-bond donors (Lipinski definition) is 0. The third-order valence-corrected chi connectivity index (χ3v) is 3.70. The molecule has 7 heteroatoms. The fourth-order valence-electron chi connectivity index (χ4n) is 1.83. The molecular formula is C12H10F3NO2S. The van der Waals surface area contributed by atoms with Gasteiger partial charge in [0.25, 0.3) is 0 Å². The zero-order valence-corrected chi connectivity index (χ0v) is 10.9. The van der Waals surface area contributed by atoms with Crippen LogP contribution in [0.25, 0.3) is 10.9 Å². The van der Waals surface area contributed by atoms with Gasteiger partial charge in [0.15, 0.2) is 0 Å². The second-order valence-corrected chi connectivity index (χ2v) is 5.47. The van der Waals surface area contributed by atoms with Crippen molar-refractivity contribution in [2.45, 2.75) is 11.1 Å². The van der Waals surface area contributed by atoms with Gasteiger partial charge in [-0.3, -0.25) is 9.00 Å². The van der Waals surface area contributed by atoms with Crippen LogP contribution in [-0.4, -0.2) is 15.0 Å². The summed E-state index contributed by atoms with van der Waals surface area (Å²) in [4.78, 5) is 12.1. The van der Waals surface area contributed by atoms with Gasteiger partial charge in [-0.2, -0.15) is 13.2 Å². The van der Waals surface area contributed by atoms with E-state index in [4.69, 9.17) is 0 Å². The standard InChI is InChI=1S/C12H10F3NO2S/c1-16-6-10(19(2)18)11(17)8-4-3-7(5-9(8)16)12(13,14)15/h3-6H,1-2H3. The Morgan fingerprint density at radius 1 is 1.26 bits per heavy atom. The van der Waals surface area contributed by atoms with Gasteiger partial charge in [0.05, 0.1) is 21.9 Å². The molecule has 0 saturated carbocycles. The maximum atomic E-state index is 12.6. The fraction of sp³-hybridized carbons (Fsp3) is 0.250. The summed E-state index contributed by atoms with van der Waals surface area (Å²) < 4.78 is 50.6. The minimum absolute atomic E-state index is 0.0785. The van der Waals surface area contributed by atoms with Gasteiger partial charge in [0.2, 0.25) is 5.43 Å². The van der Waals surface area contributed by atoms with Crippen molar-refractivity contribution in [3.05, 3.63) is 40.2 Å². The Balaban J connectivity index is 2.84. The third-order valence-electron chi connectivity index (χ3n) is 2.79. The fourth-order valence-corrected chi connectivity index (χ4v) is 2.51. The van der Waals surface area contributed by atoms with Crippen LogP contribution in [0.15, 0.2) is 34.1 Å². The van der Waals surface area contributed by atoms with Crippen molar-refractivity contribution in [1.29, 1.82) is 0 Å². The van der Waals surface area contributed by atoms with Gasteiger partial charge in [-0.25, -0.2) is 0 Å². The first-order valence-corrected chi connectivity index (χ1v) is 6.81. The lowest BCUT2D eigenvalue weighted by atomic mass is 10.1. The smallest absolute Gasteiger partial charge is 0.349 e. The van der Waals surface area contributed by atoms with Crippen LogP contribution >= 0.6 is 0 Å². The van der Waals surface area contributed by atoms with Gasteiger partial charge < -0.3 is 4.57 Å². The molecule has 0 spiro atoms. The number of aryl methyl sites for hydroxylation is 1. The Bertz CT molecular complexity index is 734. The molecule has 19 heavy (non-hydrogen) atoms. The van der Waals surface area contributed by atoms with E-state index in [-0.39, 0.29) is 15.8 Å². The number of alkyl halides is 3. The van der Waals surface area contributed by atoms with Crippen molar-refractivity contribution in [1.82, 2.24) is 4.57 Å². The van der Waals surface area contributed by atoms with Crippen molar-refractivity contribution in [3.63, 3.8) is 0 Å². The molecule has 1 aromatic heterocycles.